The van der Waals surface area contributed by atoms with Crippen molar-refractivity contribution in [3.63, 3.8) is 0 Å². The number of hydrogen-bond donors (Lipinski definition) is 3. The van der Waals surface area contributed by atoms with E-state index in [9.17, 15) is 18.0 Å². The molecule has 10 heteroatoms. The molecule has 0 saturated heterocycles. The molecule has 34 heavy (non-hydrogen) atoms. The molecular formula is C24H21F3N6O. The Morgan fingerprint density at radius 1 is 1.03 bits per heavy atom. The second-order valence-electron chi connectivity index (χ2n) is 7.71. The van der Waals surface area contributed by atoms with Gasteiger partial charge in [0.05, 0.1) is 5.52 Å². The number of alkyl halides is 3. The van der Waals surface area contributed by atoms with Gasteiger partial charge in [-0.1, -0.05) is 6.07 Å². The summed E-state index contributed by atoms with van der Waals surface area (Å²) in [4.78, 5) is 25.4. The molecule has 1 aromatic carbocycles. The first kappa shape index (κ1) is 23.1. The highest BCUT2D eigenvalue weighted by Gasteiger charge is 2.38. The number of pyridine rings is 3. The van der Waals surface area contributed by atoms with Crippen molar-refractivity contribution in [3.8, 4) is 11.1 Å². The van der Waals surface area contributed by atoms with E-state index in [1.54, 1.807) is 31.6 Å². The van der Waals surface area contributed by atoms with Gasteiger partial charge < -0.3 is 16.4 Å². The summed E-state index contributed by atoms with van der Waals surface area (Å²) in [7, 11) is 1.78. The zero-order valence-electron chi connectivity index (χ0n) is 18.3. The Morgan fingerprint density at radius 3 is 2.56 bits per heavy atom. The number of aryl methyl sites for hydroxylation is 1. The van der Waals surface area contributed by atoms with Crippen molar-refractivity contribution in [2.75, 3.05) is 17.7 Å². The van der Waals surface area contributed by atoms with Crippen molar-refractivity contribution in [2.24, 2.45) is 5.73 Å². The SMILES string of the molecule is CNc1cc2ncc(-c3cc(NC(=O)c4cc(C(N)C(F)(F)F)ccn4)ccc3C)cc2cn1. The van der Waals surface area contributed by atoms with Crippen LogP contribution in [-0.4, -0.2) is 34.1 Å². The molecule has 3 heterocycles. The van der Waals surface area contributed by atoms with Crippen molar-refractivity contribution < 1.29 is 18.0 Å². The average molecular weight is 466 g/mol. The Labute approximate surface area is 193 Å². The zero-order chi connectivity index (χ0) is 24.5. The van der Waals surface area contributed by atoms with Gasteiger partial charge >= 0.3 is 6.18 Å². The molecule has 0 radical (unpaired) electrons. The number of rotatable bonds is 5. The van der Waals surface area contributed by atoms with Crippen LogP contribution in [0.2, 0.25) is 0 Å². The minimum atomic E-state index is -4.63. The van der Waals surface area contributed by atoms with Gasteiger partial charge in [0.25, 0.3) is 5.91 Å². The first-order valence-electron chi connectivity index (χ1n) is 10.3. The quantitative estimate of drug-likeness (QED) is 0.388. The van der Waals surface area contributed by atoms with Crippen LogP contribution in [0.4, 0.5) is 24.7 Å². The number of nitrogens with two attached hydrogens (primary N) is 1. The number of anilines is 2. The van der Waals surface area contributed by atoms with Crippen LogP contribution < -0.4 is 16.4 Å². The lowest BCUT2D eigenvalue weighted by atomic mass is 10.00. The van der Waals surface area contributed by atoms with Gasteiger partial charge in [-0.25, -0.2) is 4.98 Å². The van der Waals surface area contributed by atoms with Gasteiger partial charge in [0.2, 0.25) is 0 Å². The third kappa shape index (κ3) is 4.81. The van der Waals surface area contributed by atoms with Crippen molar-refractivity contribution in [1.29, 1.82) is 0 Å². The molecule has 7 nitrogen and oxygen atoms in total. The maximum absolute atomic E-state index is 12.9. The number of hydrogen-bond acceptors (Lipinski definition) is 6. The molecule has 0 saturated carbocycles. The summed E-state index contributed by atoms with van der Waals surface area (Å²) >= 11 is 0. The molecule has 1 atom stereocenters. The normalized spacial score (nSPS) is 12.4. The van der Waals surface area contributed by atoms with Gasteiger partial charge in [-0.05, 0) is 53.9 Å². The van der Waals surface area contributed by atoms with Gasteiger partial charge in [-0.15, -0.1) is 0 Å². The molecule has 0 bridgehead atoms. The Bertz CT molecular complexity index is 1370. The summed E-state index contributed by atoms with van der Waals surface area (Å²) in [5.41, 5.74) is 8.71. The summed E-state index contributed by atoms with van der Waals surface area (Å²) in [6.45, 7) is 1.93. The molecule has 1 amide bonds. The fourth-order valence-electron chi connectivity index (χ4n) is 3.47. The number of nitrogens with one attached hydrogen (secondary N) is 2. The van der Waals surface area contributed by atoms with Crippen LogP contribution in [0.3, 0.4) is 0 Å². The van der Waals surface area contributed by atoms with Gasteiger partial charge in [0, 0.05) is 48.3 Å². The fourth-order valence-corrected chi connectivity index (χ4v) is 3.47. The zero-order valence-corrected chi connectivity index (χ0v) is 18.3. The highest BCUT2D eigenvalue weighted by Crippen LogP contribution is 2.31. The van der Waals surface area contributed by atoms with E-state index in [1.807, 2.05) is 25.1 Å². The summed E-state index contributed by atoms with van der Waals surface area (Å²) in [6.07, 6.45) is -0.0358. The summed E-state index contributed by atoms with van der Waals surface area (Å²) in [5.74, 6) is 0.0639. The number of benzene rings is 1. The van der Waals surface area contributed by atoms with E-state index >= 15 is 0 Å². The van der Waals surface area contributed by atoms with E-state index in [2.05, 4.69) is 25.6 Å². The lowest BCUT2D eigenvalue weighted by Crippen LogP contribution is -2.28. The van der Waals surface area contributed by atoms with E-state index in [1.165, 1.54) is 0 Å². The van der Waals surface area contributed by atoms with E-state index in [0.717, 1.165) is 45.9 Å². The van der Waals surface area contributed by atoms with Crippen molar-refractivity contribution >= 4 is 28.3 Å². The average Bonchev–Trinajstić information content (AvgIpc) is 2.83. The largest absolute Gasteiger partial charge is 0.407 e. The molecule has 3 aromatic heterocycles. The smallest absolute Gasteiger partial charge is 0.373 e. The van der Waals surface area contributed by atoms with Crippen LogP contribution in [0.25, 0.3) is 22.0 Å². The van der Waals surface area contributed by atoms with E-state index < -0.39 is 18.1 Å². The van der Waals surface area contributed by atoms with E-state index in [4.69, 9.17) is 5.73 Å². The molecule has 174 valence electrons. The lowest BCUT2D eigenvalue weighted by molar-refractivity contribution is -0.149. The van der Waals surface area contributed by atoms with E-state index in [-0.39, 0.29) is 11.3 Å². The van der Waals surface area contributed by atoms with Gasteiger partial charge in [0.15, 0.2) is 0 Å². The lowest BCUT2D eigenvalue weighted by Gasteiger charge is -2.16. The monoisotopic (exact) mass is 466 g/mol. The highest BCUT2D eigenvalue weighted by atomic mass is 19.4. The number of carbonyl (C=O) groups is 1. The Balaban J connectivity index is 1.61. The second-order valence-corrected chi connectivity index (χ2v) is 7.71. The van der Waals surface area contributed by atoms with Gasteiger partial charge in [-0.2, -0.15) is 13.2 Å². The van der Waals surface area contributed by atoms with Crippen LogP contribution in [-0.2, 0) is 0 Å². The number of carbonyl (C=O) groups excluding carboxylic acids is 1. The van der Waals surface area contributed by atoms with Crippen molar-refractivity contribution in [3.05, 3.63) is 77.9 Å². The first-order chi connectivity index (χ1) is 16.2. The first-order valence-corrected chi connectivity index (χ1v) is 10.3. The molecule has 4 rings (SSSR count). The minimum Gasteiger partial charge on any atom is -0.373 e. The van der Waals surface area contributed by atoms with Crippen LogP contribution in [0.5, 0.6) is 0 Å². The molecule has 0 aliphatic rings. The van der Waals surface area contributed by atoms with Crippen LogP contribution in [0.15, 0.2) is 61.1 Å². The fraction of sp³-hybridized carbons (Fsp3) is 0.167. The summed E-state index contributed by atoms with van der Waals surface area (Å²) < 4.78 is 38.8. The Kier molecular flexibility index (Phi) is 6.16. The molecular weight excluding hydrogens is 445 g/mol. The molecule has 4 aromatic rings. The summed E-state index contributed by atoms with van der Waals surface area (Å²) in [5, 5.41) is 6.51. The predicted octanol–water partition coefficient (Wildman–Crippen LogP) is 4.86. The maximum atomic E-state index is 12.9. The number of aromatic nitrogens is 3. The standard InChI is InChI=1S/C24H21F3N6O/c1-13-3-4-17(33-23(34)20-8-14(5-6-30-20)22(28)24(25,26)27)9-18(13)15-7-16-12-32-21(29-2)10-19(16)31-11-15/h3-12,22H,28H2,1-2H3,(H,29,32)(H,33,34). The number of halogens is 3. The second kappa shape index (κ2) is 9.06. The topological polar surface area (TPSA) is 106 Å². The van der Waals surface area contributed by atoms with Crippen LogP contribution in [0.1, 0.15) is 27.7 Å². The van der Waals surface area contributed by atoms with Crippen molar-refractivity contribution in [2.45, 2.75) is 19.1 Å². The molecule has 1 unspecified atom stereocenters. The molecule has 4 N–H and O–H groups in total. The predicted molar refractivity (Wildman–Crippen MR) is 124 cm³/mol. The van der Waals surface area contributed by atoms with E-state index in [0.29, 0.717) is 11.5 Å². The third-order valence-corrected chi connectivity index (χ3v) is 5.36. The molecule has 0 spiro atoms. The summed E-state index contributed by atoms with van der Waals surface area (Å²) in [6, 6.07) is 9.09. The Morgan fingerprint density at radius 2 is 1.82 bits per heavy atom. The number of amides is 1. The Hall–Kier alpha value is -4.05. The van der Waals surface area contributed by atoms with Crippen LogP contribution in [0, 0.1) is 6.92 Å². The van der Waals surface area contributed by atoms with Gasteiger partial charge in [-0.3, -0.25) is 14.8 Å². The van der Waals surface area contributed by atoms with Gasteiger partial charge in [0.1, 0.15) is 17.6 Å². The third-order valence-electron chi connectivity index (χ3n) is 5.36. The molecule has 0 aliphatic carbocycles. The highest BCUT2D eigenvalue weighted by molar-refractivity contribution is 6.03. The van der Waals surface area contributed by atoms with Crippen molar-refractivity contribution in [1.82, 2.24) is 15.0 Å². The van der Waals surface area contributed by atoms with Crippen LogP contribution >= 0.6 is 0 Å². The number of nitrogens with zero attached hydrogens (tertiary/aromatic N) is 3. The minimum absolute atomic E-state index is 0.168. The molecule has 0 aliphatic heterocycles. The molecule has 0 fully saturated rings. The maximum Gasteiger partial charge on any atom is 0.407 e. The number of fused-ring (bicyclic) bond motifs is 1.